The van der Waals surface area contributed by atoms with Gasteiger partial charge in [-0.25, -0.2) is 0 Å². The molecule has 3 rings (SSSR count). The van der Waals surface area contributed by atoms with Crippen molar-refractivity contribution in [3.8, 4) is 0 Å². The lowest BCUT2D eigenvalue weighted by molar-refractivity contribution is -0.132. The SMILES string of the molecule is CN1CC(Nc2cc3c(cc2N)CCC(=O)N3)CCC1=O. The van der Waals surface area contributed by atoms with Crippen LogP contribution >= 0.6 is 0 Å². The molecule has 1 atom stereocenters. The molecule has 2 heterocycles. The lowest BCUT2D eigenvalue weighted by atomic mass is 10.00. The Hall–Kier alpha value is -2.24. The summed E-state index contributed by atoms with van der Waals surface area (Å²) in [4.78, 5) is 24.7. The average Bonchev–Trinajstić information content (AvgIpc) is 2.44. The number of hydrogen-bond acceptors (Lipinski definition) is 4. The van der Waals surface area contributed by atoms with Crippen molar-refractivity contribution in [2.45, 2.75) is 31.7 Å². The van der Waals surface area contributed by atoms with E-state index in [1.807, 2.05) is 19.2 Å². The van der Waals surface area contributed by atoms with Gasteiger partial charge in [0, 0.05) is 38.2 Å². The molecule has 0 aliphatic carbocycles. The molecular formula is C15H20N4O2. The number of carbonyl (C=O) groups excluding carboxylic acids is 2. The number of piperidine rings is 1. The van der Waals surface area contributed by atoms with Gasteiger partial charge in [-0.2, -0.15) is 0 Å². The molecule has 0 spiro atoms. The van der Waals surface area contributed by atoms with E-state index < -0.39 is 0 Å². The van der Waals surface area contributed by atoms with Gasteiger partial charge in [0.25, 0.3) is 0 Å². The van der Waals surface area contributed by atoms with Gasteiger partial charge in [0.15, 0.2) is 0 Å². The van der Waals surface area contributed by atoms with Crippen molar-refractivity contribution >= 4 is 28.9 Å². The lowest BCUT2D eigenvalue weighted by Crippen LogP contribution is -2.43. The van der Waals surface area contributed by atoms with Gasteiger partial charge in [-0.15, -0.1) is 0 Å². The Labute approximate surface area is 123 Å². The standard InChI is InChI=1S/C15H20N4O2/c1-19-8-10(3-5-15(19)21)17-13-7-12-9(6-11(13)16)2-4-14(20)18-12/h6-7,10,17H,2-5,8,16H2,1H3,(H,18,20). The third-order valence-electron chi connectivity index (χ3n) is 4.16. The van der Waals surface area contributed by atoms with Gasteiger partial charge in [0.1, 0.15) is 0 Å². The molecule has 2 aliphatic heterocycles. The monoisotopic (exact) mass is 288 g/mol. The highest BCUT2D eigenvalue weighted by Crippen LogP contribution is 2.32. The van der Waals surface area contributed by atoms with E-state index in [1.54, 1.807) is 4.90 Å². The quantitative estimate of drug-likeness (QED) is 0.713. The van der Waals surface area contributed by atoms with E-state index in [2.05, 4.69) is 10.6 Å². The van der Waals surface area contributed by atoms with Crippen LogP contribution in [0.25, 0.3) is 0 Å². The summed E-state index contributed by atoms with van der Waals surface area (Å²) >= 11 is 0. The average molecular weight is 288 g/mol. The summed E-state index contributed by atoms with van der Waals surface area (Å²) < 4.78 is 0. The maximum Gasteiger partial charge on any atom is 0.224 e. The Kier molecular flexibility index (Phi) is 3.45. The van der Waals surface area contributed by atoms with Crippen molar-refractivity contribution in [2.24, 2.45) is 0 Å². The van der Waals surface area contributed by atoms with Crippen LogP contribution in [0.2, 0.25) is 0 Å². The molecule has 6 nitrogen and oxygen atoms in total. The van der Waals surface area contributed by atoms with Crippen LogP contribution in [-0.4, -0.2) is 36.3 Å². The van der Waals surface area contributed by atoms with E-state index in [0.717, 1.165) is 29.8 Å². The van der Waals surface area contributed by atoms with Crippen molar-refractivity contribution in [1.29, 1.82) is 0 Å². The second-order valence-electron chi connectivity index (χ2n) is 5.80. The molecule has 1 fully saturated rings. The number of nitrogen functional groups attached to an aromatic ring is 1. The summed E-state index contributed by atoms with van der Waals surface area (Å²) in [5.74, 6) is 0.222. The predicted molar refractivity (Wildman–Crippen MR) is 82.1 cm³/mol. The minimum absolute atomic E-state index is 0.0428. The summed E-state index contributed by atoms with van der Waals surface area (Å²) in [6.45, 7) is 0.668. The second kappa shape index (κ2) is 5.27. The third-order valence-corrected chi connectivity index (χ3v) is 4.16. The van der Waals surface area contributed by atoms with Crippen LogP contribution in [0.3, 0.4) is 0 Å². The van der Waals surface area contributed by atoms with E-state index in [1.165, 1.54) is 0 Å². The van der Waals surface area contributed by atoms with Crippen molar-refractivity contribution in [3.05, 3.63) is 17.7 Å². The van der Waals surface area contributed by atoms with Gasteiger partial charge in [0.2, 0.25) is 11.8 Å². The highest BCUT2D eigenvalue weighted by atomic mass is 16.2. The first-order valence-electron chi connectivity index (χ1n) is 7.25. The molecule has 0 aromatic heterocycles. The Balaban J connectivity index is 1.78. The number of nitrogens with one attached hydrogen (secondary N) is 2. The molecule has 2 aliphatic rings. The number of amides is 2. The lowest BCUT2D eigenvalue weighted by Gasteiger charge is -2.31. The largest absolute Gasteiger partial charge is 0.397 e. The Morgan fingerprint density at radius 2 is 2.10 bits per heavy atom. The van der Waals surface area contributed by atoms with Crippen molar-refractivity contribution in [3.63, 3.8) is 0 Å². The zero-order chi connectivity index (χ0) is 15.0. The van der Waals surface area contributed by atoms with Crippen LogP contribution in [0.1, 0.15) is 24.8 Å². The number of benzene rings is 1. The van der Waals surface area contributed by atoms with Crippen LogP contribution < -0.4 is 16.4 Å². The predicted octanol–water partition coefficient (Wildman–Crippen LogP) is 1.19. The Morgan fingerprint density at radius 3 is 2.86 bits per heavy atom. The first kappa shape index (κ1) is 13.7. The Bertz CT molecular complexity index is 600. The van der Waals surface area contributed by atoms with Crippen molar-refractivity contribution in [2.75, 3.05) is 30.0 Å². The first-order chi connectivity index (χ1) is 10.0. The van der Waals surface area contributed by atoms with Gasteiger partial charge < -0.3 is 21.3 Å². The maximum absolute atomic E-state index is 11.5. The molecule has 6 heteroatoms. The number of likely N-dealkylation sites (tertiary alicyclic amines) is 1. The van der Waals surface area contributed by atoms with Gasteiger partial charge >= 0.3 is 0 Å². The smallest absolute Gasteiger partial charge is 0.224 e. The third kappa shape index (κ3) is 2.79. The fourth-order valence-corrected chi connectivity index (χ4v) is 2.92. The Morgan fingerprint density at radius 1 is 1.29 bits per heavy atom. The fourth-order valence-electron chi connectivity index (χ4n) is 2.92. The summed E-state index contributed by atoms with van der Waals surface area (Å²) in [5, 5.41) is 6.28. The highest BCUT2D eigenvalue weighted by Gasteiger charge is 2.24. The van der Waals surface area contributed by atoms with Crippen LogP contribution in [0, 0.1) is 0 Å². The van der Waals surface area contributed by atoms with Crippen LogP contribution in [0.15, 0.2) is 12.1 Å². The number of anilines is 3. The van der Waals surface area contributed by atoms with Crippen LogP contribution in [0.5, 0.6) is 0 Å². The normalized spacial score (nSPS) is 21.8. The summed E-state index contributed by atoms with van der Waals surface area (Å²) in [6.07, 6.45) is 2.59. The van der Waals surface area contributed by atoms with Gasteiger partial charge in [0.05, 0.1) is 11.4 Å². The topological polar surface area (TPSA) is 87.5 Å². The first-order valence-corrected chi connectivity index (χ1v) is 7.25. The highest BCUT2D eigenvalue weighted by molar-refractivity contribution is 5.95. The number of aryl methyl sites for hydroxylation is 1. The number of fused-ring (bicyclic) bond motifs is 1. The molecule has 4 N–H and O–H groups in total. The second-order valence-corrected chi connectivity index (χ2v) is 5.80. The molecule has 21 heavy (non-hydrogen) atoms. The molecule has 0 saturated carbocycles. The summed E-state index contributed by atoms with van der Waals surface area (Å²) in [7, 11) is 1.81. The number of nitrogens with zero attached hydrogens (tertiary/aromatic N) is 1. The van der Waals surface area contributed by atoms with Crippen molar-refractivity contribution < 1.29 is 9.59 Å². The molecule has 112 valence electrons. The van der Waals surface area contributed by atoms with E-state index in [0.29, 0.717) is 25.1 Å². The van der Waals surface area contributed by atoms with Crippen LogP contribution in [-0.2, 0) is 16.0 Å². The molecule has 1 aromatic rings. The maximum atomic E-state index is 11.5. The van der Waals surface area contributed by atoms with E-state index in [-0.39, 0.29) is 17.9 Å². The van der Waals surface area contributed by atoms with Crippen molar-refractivity contribution in [1.82, 2.24) is 4.90 Å². The summed E-state index contributed by atoms with van der Waals surface area (Å²) in [5.41, 5.74) is 9.52. The molecule has 2 amide bonds. The van der Waals surface area contributed by atoms with Gasteiger partial charge in [-0.1, -0.05) is 0 Å². The zero-order valence-corrected chi connectivity index (χ0v) is 12.1. The minimum atomic E-state index is 0.0428. The molecular weight excluding hydrogens is 268 g/mol. The number of likely N-dealkylation sites (N-methyl/N-ethyl adjacent to an activating group) is 1. The molecule has 0 radical (unpaired) electrons. The number of hydrogen-bond donors (Lipinski definition) is 3. The van der Waals surface area contributed by atoms with E-state index in [9.17, 15) is 9.59 Å². The minimum Gasteiger partial charge on any atom is -0.397 e. The van der Waals surface area contributed by atoms with E-state index in [4.69, 9.17) is 5.73 Å². The molecule has 1 saturated heterocycles. The zero-order valence-electron chi connectivity index (χ0n) is 12.1. The number of rotatable bonds is 2. The molecule has 1 unspecified atom stereocenters. The van der Waals surface area contributed by atoms with E-state index >= 15 is 0 Å². The molecule has 0 bridgehead atoms. The fraction of sp³-hybridized carbons (Fsp3) is 0.467. The van der Waals surface area contributed by atoms with Gasteiger partial charge in [-0.05, 0) is 30.5 Å². The number of carbonyl (C=O) groups is 2. The van der Waals surface area contributed by atoms with Crippen LogP contribution in [0.4, 0.5) is 17.1 Å². The number of nitrogens with two attached hydrogens (primary N) is 1. The summed E-state index contributed by atoms with van der Waals surface area (Å²) in [6, 6.07) is 4.01. The van der Waals surface area contributed by atoms with Gasteiger partial charge in [-0.3, -0.25) is 9.59 Å². The molecule has 1 aromatic carbocycles.